The van der Waals surface area contributed by atoms with Crippen molar-refractivity contribution in [3.8, 4) is 11.5 Å². The number of fused-ring (bicyclic) bond motifs is 1. The van der Waals surface area contributed by atoms with E-state index >= 15 is 0 Å². The summed E-state index contributed by atoms with van der Waals surface area (Å²) in [4.78, 5) is 17.1. The Morgan fingerprint density at radius 3 is 2.54 bits per heavy atom. The molecule has 0 saturated heterocycles. The maximum absolute atomic E-state index is 12.5. The minimum Gasteiger partial charge on any atom is -0.436 e. The van der Waals surface area contributed by atoms with Gasteiger partial charge in [-0.05, 0) is 73.5 Å². The third-order valence-electron chi connectivity index (χ3n) is 4.58. The van der Waals surface area contributed by atoms with Gasteiger partial charge in [-0.15, -0.1) is 0 Å². The highest BCUT2D eigenvalue weighted by Gasteiger charge is 2.13. The average molecular weight is 411 g/mol. The lowest BCUT2D eigenvalue weighted by Gasteiger charge is -2.06. The highest BCUT2D eigenvalue weighted by molar-refractivity contribution is 6.37. The van der Waals surface area contributed by atoms with Crippen LogP contribution in [0.1, 0.15) is 21.5 Å². The van der Waals surface area contributed by atoms with Gasteiger partial charge in [0.15, 0.2) is 5.58 Å². The lowest BCUT2D eigenvalue weighted by Crippen LogP contribution is -2.12. The number of anilines is 1. The number of aryl methyl sites for hydroxylation is 2. The topological polar surface area (TPSA) is 55.1 Å². The van der Waals surface area contributed by atoms with Crippen molar-refractivity contribution in [2.24, 2.45) is 0 Å². The third kappa shape index (κ3) is 3.61. The Labute approximate surface area is 172 Å². The minimum atomic E-state index is -0.320. The zero-order valence-electron chi connectivity index (χ0n) is 15.2. The van der Waals surface area contributed by atoms with E-state index in [9.17, 15) is 4.79 Å². The Morgan fingerprint density at radius 2 is 1.79 bits per heavy atom. The monoisotopic (exact) mass is 410 g/mol. The van der Waals surface area contributed by atoms with Crippen molar-refractivity contribution in [2.45, 2.75) is 13.8 Å². The highest BCUT2D eigenvalue weighted by atomic mass is 35.5. The van der Waals surface area contributed by atoms with Crippen LogP contribution in [0.5, 0.6) is 0 Å². The number of hydrogen-bond donors (Lipinski definition) is 1. The van der Waals surface area contributed by atoms with Gasteiger partial charge >= 0.3 is 0 Å². The first-order valence-corrected chi connectivity index (χ1v) is 9.41. The second kappa shape index (κ2) is 7.30. The van der Waals surface area contributed by atoms with E-state index in [0.717, 1.165) is 5.56 Å². The number of amides is 1. The molecule has 1 aromatic heterocycles. The largest absolute Gasteiger partial charge is 0.436 e. The lowest BCUT2D eigenvalue weighted by atomic mass is 10.1. The average Bonchev–Trinajstić information content (AvgIpc) is 3.07. The van der Waals surface area contributed by atoms with Crippen LogP contribution in [0.15, 0.2) is 59.0 Å². The van der Waals surface area contributed by atoms with Crippen molar-refractivity contribution in [1.82, 2.24) is 4.98 Å². The summed E-state index contributed by atoms with van der Waals surface area (Å²) in [7, 11) is 0. The van der Waals surface area contributed by atoms with Crippen molar-refractivity contribution in [3.05, 3.63) is 81.3 Å². The smallest absolute Gasteiger partial charge is 0.257 e. The molecule has 4 aromatic rings. The molecule has 0 spiro atoms. The molecule has 0 bridgehead atoms. The first-order chi connectivity index (χ1) is 13.4. The lowest BCUT2D eigenvalue weighted by molar-refractivity contribution is 0.102. The summed E-state index contributed by atoms with van der Waals surface area (Å²) in [5, 5.41) is 3.60. The highest BCUT2D eigenvalue weighted by Crippen LogP contribution is 2.28. The van der Waals surface area contributed by atoms with Gasteiger partial charge in [-0.1, -0.05) is 29.3 Å². The summed E-state index contributed by atoms with van der Waals surface area (Å²) in [6, 6.07) is 16.1. The Balaban J connectivity index is 1.62. The van der Waals surface area contributed by atoms with Crippen molar-refractivity contribution in [1.29, 1.82) is 0 Å². The van der Waals surface area contributed by atoms with Gasteiger partial charge in [0.2, 0.25) is 5.89 Å². The number of oxazole rings is 1. The number of carbonyl (C=O) groups is 1. The van der Waals surface area contributed by atoms with Gasteiger partial charge in [-0.2, -0.15) is 0 Å². The first-order valence-electron chi connectivity index (χ1n) is 8.65. The van der Waals surface area contributed by atoms with Crippen LogP contribution in [0.25, 0.3) is 22.6 Å². The standard InChI is InChI=1S/C22H16Cl2N2O2/c1-12-3-4-14(9-13(12)2)22-26-19-11-16(6-8-20(19)28-22)25-21(27)17-7-5-15(23)10-18(17)24/h3-11H,1-2H3,(H,25,27). The molecular formula is C22H16Cl2N2O2. The van der Waals surface area contributed by atoms with E-state index < -0.39 is 0 Å². The Hall–Kier alpha value is -2.82. The fraction of sp³-hybridized carbons (Fsp3) is 0.0909. The number of benzene rings is 3. The normalized spacial score (nSPS) is 11.0. The molecule has 0 aliphatic carbocycles. The number of hydrogen-bond acceptors (Lipinski definition) is 3. The Morgan fingerprint density at radius 1 is 0.964 bits per heavy atom. The van der Waals surface area contributed by atoms with E-state index in [1.165, 1.54) is 17.2 Å². The van der Waals surface area contributed by atoms with Crippen LogP contribution in [-0.4, -0.2) is 10.9 Å². The van der Waals surface area contributed by atoms with Crippen molar-refractivity contribution in [3.63, 3.8) is 0 Å². The van der Waals surface area contributed by atoms with Crippen molar-refractivity contribution < 1.29 is 9.21 Å². The van der Waals surface area contributed by atoms with Crippen LogP contribution in [0, 0.1) is 13.8 Å². The van der Waals surface area contributed by atoms with E-state index in [0.29, 0.717) is 38.3 Å². The second-order valence-electron chi connectivity index (χ2n) is 6.58. The molecule has 0 fully saturated rings. The van der Waals surface area contributed by atoms with Crippen LogP contribution < -0.4 is 5.32 Å². The number of nitrogens with one attached hydrogen (secondary N) is 1. The number of carbonyl (C=O) groups excluding carboxylic acids is 1. The summed E-state index contributed by atoms with van der Waals surface area (Å²) in [5.41, 5.74) is 5.56. The maximum Gasteiger partial charge on any atom is 0.257 e. The van der Waals surface area contributed by atoms with E-state index in [4.69, 9.17) is 27.6 Å². The number of rotatable bonds is 3. The van der Waals surface area contributed by atoms with Gasteiger partial charge < -0.3 is 9.73 Å². The van der Waals surface area contributed by atoms with Crippen LogP contribution in [0.4, 0.5) is 5.69 Å². The summed E-state index contributed by atoms with van der Waals surface area (Å²) < 4.78 is 5.87. The van der Waals surface area contributed by atoms with Gasteiger partial charge in [-0.3, -0.25) is 4.79 Å². The van der Waals surface area contributed by atoms with E-state index in [2.05, 4.69) is 24.1 Å². The molecule has 1 N–H and O–H groups in total. The molecule has 6 heteroatoms. The van der Waals surface area contributed by atoms with E-state index in [1.807, 2.05) is 18.2 Å². The fourth-order valence-electron chi connectivity index (χ4n) is 2.88. The van der Waals surface area contributed by atoms with E-state index in [1.54, 1.807) is 30.3 Å². The van der Waals surface area contributed by atoms with Gasteiger partial charge in [0.05, 0.1) is 10.6 Å². The summed E-state index contributed by atoms with van der Waals surface area (Å²) >= 11 is 12.0. The van der Waals surface area contributed by atoms with Crippen LogP contribution in [-0.2, 0) is 0 Å². The molecule has 140 valence electrons. The van der Waals surface area contributed by atoms with Gasteiger partial charge in [0.1, 0.15) is 5.52 Å². The number of halogens is 2. The van der Waals surface area contributed by atoms with Gasteiger partial charge in [0, 0.05) is 16.3 Å². The predicted octanol–water partition coefficient (Wildman–Crippen LogP) is 6.67. The molecule has 0 aliphatic heterocycles. The number of nitrogens with zero attached hydrogens (tertiary/aromatic N) is 1. The molecule has 1 amide bonds. The SMILES string of the molecule is Cc1ccc(-c2nc3cc(NC(=O)c4ccc(Cl)cc4Cl)ccc3o2)cc1C. The third-order valence-corrected chi connectivity index (χ3v) is 5.12. The first kappa shape index (κ1) is 18.5. The van der Waals surface area contributed by atoms with Crippen LogP contribution in [0.3, 0.4) is 0 Å². The Kier molecular flexibility index (Phi) is 4.84. The van der Waals surface area contributed by atoms with Crippen LogP contribution >= 0.6 is 23.2 Å². The second-order valence-corrected chi connectivity index (χ2v) is 7.42. The van der Waals surface area contributed by atoms with Gasteiger partial charge in [-0.25, -0.2) is 4.98 Å². The molecule has 0 saturated carbocycles. The summed E-state index contributed by atoms with van der Waals surface area (Å²) in [6.45, 7) is 4.12. The van der Waals surface area contributed by atoms with Crippen molar-refractivity contribution >= 4 is 45.9 Å². The fourth-order valence-corrected chi connectivity index (χ4v) is 3.37. The van der Waals surface area contributed by atoms with E-state index in [-0.39, 0.29) is 5.91 Å². The molecule has 0 unspecified atom stereocenters. The molecule has 1 heterocycles. The maximum atomic E-state index is 12.5. The molecule has 4 nitrogen and oxygen atoms in total. The Bertz CT molecular complexity index is 1210. The molecule has 0 aliphatic rings. The number of aromatic nitrogens is 1. The quantitative estimate of drug-likeness (QED) is 0.410. The summed E-state index contributed by atoms with van der Waals surface area (Å²) in [5.74, 6) is 0.223. The molecular weight excluding hydrogens is 395 g/mol. The molecule has 4 rings (SSSR count). The summed E-state index contributed by atoms with van der Waals surface area (Å²) in [6.07, 6.45) is 0. The van der Waals surface area contributed by atoms with Crippen LogP contribution in [0.2, 0.25) is 10.0 Å². The zero-order chi connectivity index (χ0) is 19.8. The molecule has 3 aromatic carbocycles. The minimum absolute atomic E-state index is 0.296. The van der Waals surface area contributed by atoms with Gasteiger partial charge in [0.25, 0.3) is 5.91 Å². The molecule has 28 heavy (non-hydrogen) atoms. The predicted molar refractivity (Wildman–Crippen MR) is 113 cm³/mol. The zero-order valence-corrected chi connectivity index (χ0v) is 16.7. The van der Waals surface area contributed by atoms with Crippen molar-refractivity contribution in [2.75, 3.05) is 5.32 Å². The molecule has 0 radical (unpaired) electrons. The molecule has 0 atom stereocenters.